The molecule has 0 spiro atoms. The van der Waals surface area contributed by atoms with Crippen molar-refractivity contribution in [1.29, 1.82) is 5.26 Å². The number of likely N-dealkylation sites (tertiary alicyclic amines) is 2. The van der Waals surface area contributed by atoms with Crippen molar-refractivity contribution in [3.05, 3.63) is 130 Å². The molecule has 4 aromatic carbocycles. The number of nitrogens with zero attached hydrogens (tertiary/aromatic N) is 6. The van der Waals surface area contributed by atoms with E-state index in [2.05, 4.69) is 20.5 Å². The fraction of sp³-hybridized carbons (Fsp3) is 0.411. The molecule has 3 aliphatic heterocycles. The highest BCUT2D eigenvalue weighted by atomic mass is 32.1. The number of aliphatic hydroxyl groups excluding tert-OH is 1. The monoisotopic (exact) mass is 1050 g/mol. The Kier molecular flexibility index (Phi) is 15.9. The zero-order valence-electron chi connectivity index (χ0n) is 42.7. The number of anilines is 2. The average molecular weight is 1050 g/mol. The van der Waals surface area contributed by atoms with Gasteiger partial charge >= 0.3 is 12.2 Å². The number of halogens is 3. The van der Waals surface area contributed by atoms with E-state index in [0.717, 1.165) is 78.3 Å². The molecule has 1 aromatic heterocycles. The van der Waals surface area contributed by atoms with Gasteiger partial charge < -0.3 is 30.3 Å². The second-order valence-electron chi connectivity index (χ2n) is 20.9. The summed E-state index contributed by atoms with van der Waals surface area (Å²) < 4.78 is 47.2. The average Bonchev–Trinajstić information content (AvgIpc) is 4.05. The molecule has 0 unspecified atom stereocenters. The number of aliphatic hydroxyl groups is 1. The van der Waals surface area contributed by atoms with Crippen LogP contribution in [-0.4, -0.2) is 106 Å². The van der Waals surface area contributed by atoms with Crippen LogP contribution in [0, 0.1) is 23.7 Å². The Bertz CT molecular complexity index is 2960. The summed E-state index contributed by atoms with van der Waals surface area (Å²) in [5.41, 5.74) is 2.28. The number of β-amino-alcohol motifs (C(OH)–C–C–N with tert-alkyl or cyclic N) is 1. The van der Waals surface area contributed by atoms with Gasteiger partial charge in [0.2, 0.25) is 11.8 Å². The minimum Gasteiger partial charge on any atom is -0.494 e. The lowest BCUT2D eigenvalue weighted by Gasteiger charge is -2.35. The second-order valence-corrected chi connectivity index (χ2v) is 21.8. The number of benzene rings is 4. The number of aromatic nitrogens is 1. The molecule has 3 fully saturated rings. The Balaban J connectivity index is 0.785. The highest BCUT2D eigenvalue weighted by molar-refractivity contribution is 7.13. The molecule has 4 heterocycles. The quantitative estimate of drug-likeness (QED) is 0.0675. The minimum absolute atomic E-state index is 0.0245. The first-order valence-electron chi connectivity index (χ1n) is 25.0. The lowest BCUT2D eigenvalue weighted by molar-refractivity contribution is -0.142. The van der Waals surface area contributed by atoms with Gasteiger partial charge in [-0.3, -0.25) is 24.1 Å². The summed E-state index contributed by atoms with van der Waals surface area (Å²) in [4.78, 5) is 79.8. The largest absolute Gasteiger partial charge is 0.494 e. The van der Waals surface area contributed by atoms with Crippen LogP contribution in [0.4, 0.5) is 29.3 Å². The van der Waals surface area contributed by atoms with Gasteiger partial charge in [0.25, 0.3) is 11.8 Å². The van der Waals surface area contributed by atoms with Crippen molar-refractivity contribution in [2.75, 3.05) is 42.6 Å². The standard InChI is InChI=1S/C56H61F3N8O7S/c1-34-47(75-33-62-34)38-10-8-35(9-11-38)31-61-50(70)46-29-43(68)32-65(46)51(71)48(54(2,3)4)63-49(69)39-14-12-36(13-15-39)37-22-25-64(26-23-37)24-7-27-74-44-20-18-41(19-21-44)67-53(73)66(52(72)55(67,5)6)42-17-16-40(30-60)45(28-42)56(57,58)59/h8-21,28,33,37,43,46,48,68H,7,22-27,29,31-32H2,1-6H3,(H,61,70)(H,63,69)/t43-,46+,48-/m1/s1. The summed E-state index contributed by atoms with van der Waals surface area (Å²) in [6.07, 6.45) is -3.08. The fourth-order valence-corrected chi connectivity index (χ4v) is 10.8. The van der Waals surface area contributed by atoms with Gasteiger partial charge in [-0.2, -0.15) is 18.4 Å². The molecular formula is C56H61F3N8O7S. The first-order valence-corrected chi connectivity index (χ1v) is 25.8. The summed E-state index contributed by atoms with van der Waals surface area (Å²) in [5, 5.41) is 25.8. The van der Waals surface area contributed by atoms with Crippen LogP contribution in [0.5, 0.6) is 5.75 Å². The van der Waals surface area contributed by atoms with Crippen molar-refractivity contribution in [2.24, 2.45) is 5.41 Å². The van der Waals surface area contributed by atoms with Gasteiger partial charge in [0.15, 0.2) is 0 Å². The van der Waals surface area contributed by atoms with Crippen LogP contribution in [0.25, 0.3) is 10.4 Å². The van der Waals surface area contributed by atoms with Crippen LogP contribution in [-0.2, 0) is 27.1 Å². The number of rotatable bonds is 15. The molecular weight excluding hydrogens is 986 g/mol. The van der Waals surface area contributed by atoms with Gasteiger partial charge in [0.05, 0.1) is 51.7 Å². The highest BCUT2D eigenvalue weighted by Crippen LogP contribution is 2.40. The zero-order valence-corrected chi connectivity index (χ0v) is 43.6. The molecule has 3 saturated heterocycles. The number of aryl methyl sites for hydroxylation is 1. The third-order valence-electron chi connectivity index (χ3n) is 14.3. The zero-order chi connectivity index (χ0) is 54.0. The van der Waals surface area contributed by atoms with E-state index in [9.17, 15) is 47.5 Å². The second kappa shape index (κ2) is 22.0. The Morgan fingerprint density at radius 2 is 1.61 bits per heavy atom. The molecule has 15 nitrogen and oxygen atoms in total. The van der Waals surface area contributed by atoms with Gasteiger partial charge in [-0.25, -0.2) is 14.7 Å². The molecule has 0 radical (unpaired) electrons. The lowest BCUT2D eigenvalue weighted by atomic mass is 9.85. The molecule has 3 aliphatic rings. The number of imide groups is 1. The molecule has 8 rings (SSSR count). The molecule has 0 bridgehead atoms. The number of piperidine rings is 1. The van der Waals surface area contributed by atoms with Crippen molar-refractivity contribution >= 4 is 52.4 Å². The van der Waals surface area contributed by atoms with Gasteiger partial charge in [-0.1, -0.05) is 57.2 Å². The topological polar surface area (TPSA) is 189 Å². The molecule has 0 aliphatic carbocycles. The van der Waals surface area contributed by atoms with Crippen LogP contribution in [0.2, 0.25) is 0 Å². The molecule has 19 heteroatoms. The predicted octanol–water partition coefficient (Wildman–Crippen LogP) is 8.83. The highest BCUT2D eigenvalue weighted by Gasteiger charge is 2.53. The van der Waals surface area contributed by atoms with E-state index >= 15 is 0 Å². The number of carbonyl (C=O) groups excluding carboxylic acids is 5. The number of hydrogen-bond acceptors (Lipinski definition) is 11. The number of nitrogens with one attached hydrogen (secondary N) is 2. The van der Waals surface area contributed by atoms with Crippen molar-refractivity contribution < 1.29 is 47.0 Å². The van der Waals surface area contributed by atoms with Crippen molar-refractivity contribution in [3.8, 4) is 22.3 Å². The molecule has 6 amide bonds. The minimum atomic E-state index is -4.87. The van der Waals surface area contributed by atoms with E-state index < -0.39 is 70.2 Å². The van der Waals surface area contributed by atoms with Crippen LogP contribution >= 0.6 is 11.3 Å². The molecule has 394 valence electrons. The van der Waals surface area contributed by atoms with Crippen LogP contribution in [0.3, 0.4) is 0 Å². The summed E-state index contributed by atoms with van der Waals surface area (Å²) in [5.74, 6) is -1.10. The fourth-order valence-electron chi connectivity index (χ4n) is 10.0. The van der Waals surface area contributed by atoms with Gasteiger partial charge in [-0.15, -0.1) is 11.3 Å². The van der Waals surface area contributed by atoms with Crippen molar-refractivity contribution in [3.63, 3.8) is 0 Å². The number of alkyl halides is 3. The number of thiazole rings is 1. The van der Waals surface area contributed by atoms with Crippen LogP contribution in [0.15, 0.2) is 96.5 Å². The Hall–Kier alpha value is -7.14. The maximum absolute atomic E-state index is 14.2. The van der Waals surface area contributed by atoms with E-state index in [0.29, 0.717) is 40.5 Å². The summed E-state index contributed by atoms with van der Waals surface area (Å²) >= 11 is 1.56. The smallest absolute Gasteiger partial charge is 0.417 e. The summed E-state index contributed by atoms with van der Waals surface area (Å²) in [7, 11) is 0. The number of hydrogen-bond donors (Lipinski definition) is 3. The van der Waals surface area contributed by atoms with Crippen LogP contribution < -0.4 is 25.2 Å². The van der Waals surface area contributed by atoms with E-state index in [4.69, 9.17) is 4.74 Å². The van der Waals surface area contributed by atoms with Gasteiger partial charge in [0.1, 0.15) is 23.4 Å². The third kappa shape index (κ3) is 11.9. The predicted molar refractivity (Wildman–Crippen MR) is 278 cm³/mol. The van der Waals surface area contributed by atoms with Crippen LogP contribution in [0.1, 0.15) is 105 Å². The summed E-state index contributed by atoms with van der Waals surface area (Å²) in [6.45, 7) is 13.7. The molecule has 0 saturated carbocycles. The molecule has 3 N–H and O–H groups in total. The molecule has 5 aromatic rings. The van der Waals surface area contributed by atoms with E-state index in [1.807, 2.05) is 64.1 Å². The van der Waals surface area contributed by atoms with Gasteiger partial charge in [0, 0.05) is 37.3 Å². The van der Waals surface area contributed by atoms with E-state index in [1.54, 1.807) is 53.2 Å². The normalized spacial score (nSPS) is 18.8. The SMILES string of the molecule is Cc1ncsc1-c1ccc(CNC(=O)[C@@H]2C[C@@H](O)CN2C(=O)[C@@H](NC(=O)c2ccc(C3CCN(CCCOc4ccc(N5C(=O)N(c6ccc(C#N)c(C(F)(F)F)c6)C(=O)C5(C)C)cc4)CC3)cc2)C(C)(C)C)cc1. The van der Waals surface area contributed by atoms with Crippen molar-refractivity contribution in [2.45, 2.75) is 110 Å². The first-order chi connectivity index (χ1) is 35.5. The third-order valence-corrected chi connectivity index (χ3v) is 15.2. The van der Waals surface area contributed by atoms with E-state index in [1.165, 1.54) is 29.7 Å². The Morgan fingerprint density at radius 1 is 0.947 bits per heavy atom. The number of carbonyl (C=O) groups is 5. The summed E-state index contributed by atoms with van der Waals surface area (Å²) in [6, 6.07) is 23.5. The van der Waals surface area contributed by atoms with Gasteiger partial charge in [-0.05, 0) is 136 Å². The number of urea groups is 1. The number of ether oxygens (including phenoxy) is 1. The maximum Gasteiger partial charge on any atom is 0.417 e. The Labute approximate surface area is 438 Å². The molecule has 3 atom stereocenters. The lowest BCUT2D eigenvalue weighted by Crippen LogP contribution is -2.57. The number of nitriles is 1. The Morgan fingerprint density at radius 3 is 2.23 bits per heavy atom. The number of amides is 6. The maximum atomic E-state index is 14.2. The van der Waals surface area contributed by atoms with E-state index in [-0.39, 0.29) is 31.1 Å². The first kappa shape index (κ1) is 54.1. The van der Waals surface area contributed by atoms with Crippen molar-refractivity contribution in [1.82, 2.24) is 25.4 Å². The molecule has 75 heavy (non-hydrogen) atoms.